The van der Waals surface area contributed by atoms with Gasteiger partial charge in [0.2, 0.25) is 21.8 Å². The van der Waals surface area contributed by atoms with Gasteiger partial charge in [0.05, 0.1) is 6.10 Å². The molecule has 0 aromatic rings. The van der Waals surface area contributed by atoms with E-state index in [1.165, 1.54) is 4.90 Å². The van der Waals surface area contributed by atoms with E-state index in [1.807, 2.05) is 24.6 Å². The molecular formula is C29H45FN4O8S. The molecule has 4 aliphatic rings. The van der Waals surface area contributed by atoms with Crippen LogP contribution in [0.2, 0.25) is 0 Å². The second kappa shape index (κ2) is 12.0. The zero-order valence-electron chi connectivity index (χ0n) is 25.5. The van der Waals surface area contributed by atoms with Crippen LogP contribution < -0.4 is 15.4 Å². The molecule has 2 saturated carbocycles. The molecule has 0 spiro atoms. The lowest BCUT2D eigenvalue weighted by molar-refractivity contribution is -0.142. The number of rotatable bonds is 5. The summed E-state index contributed by atoms with van der Waals surface area (Å²) in [6.45, 7) is 7.68. The molecule has 0 aromatic heterocycles. The number of ether oxygens (including phenoxy) is 1. The van der Waals surface area contributed by atoms with Crippen molar-refractivity contribution in [2.75, 3.05) is 13.2 Å². The molecule has 0 unspecified atom stereocenters. The highest BCUT2D eigenvalue weighted by Gasteiger charge is 2.64. The number of sulfonamides is 1. The van der Waals surface area contributed by atoms with Crippen LogP contribution in [-0.2, 0) is 29.1 Å². The van der Waals surface area contributed by atoms with Gasteiger partial charge < -0.3 is 25.4 Å². The number of alkyl carbamates (subject to hydrolysis) is 1. The van der Waals surface area contributed by atoms with Gasteiger partial charge in [0.25, 0.3) is 5.91 Å². The van der Waals surface area contributed by atoms with Gasteiger partial charge in [-0.3, -0.25) is 19.1 Å². The van der Waals surface area contributed by atoms with Crippen LogP contribution in [0.5, 0.6) is 0 Å². The van der Waals surface area contributed by atoms with Gasteiger partial charge in [0.1, 0.15) is 34.6 Å². The van der Waals surface area contributed by atoms with Crippen molar-refractivity contribution in [3.05, 3.63) is 12.2 Å². The Morgan fingerprint density at radius 2 is 1.88 bits per heavy atom. The minimum atomic E-state index is -4.33. The van der Waals surface area contributed by atoms with Gasteiger partial charge in [-0.25, -0.2) is 17.6 Å². The van der Waals surface area contributed by atoms with Crippen molar-refractivity contribution in [2.45, 2.75) is 114 Å². The number of nitrogens with zero attached hydrogens (tertiary/aromatic N) is 1. The van der Waals surface area contributed by atoms with E-state index in [9.17, 15) is 37.1 Å². The fourth-order valence-corrected chi connectivity index (χ4v) is 7.54. The van der Waals surface area contributed by atoms with Crippen molar-refractivity contribution in [1.29, 1.82) is 0 Å². The standard InChI is InChI=1S/C29H45FN4O8S/c1-17-8-6-7-9-19-14-29(19,25(38)33-43(40,41)28(16-30)10-11-28)32-23(36)21-13-20(35)15-34(21)24(37)22(18(2)12-17)31-26(39)42-27(3,4)5/h7,9,17-22,35H,6,8,10-16H2,1-5H3,(H,31,39)(H,32,36)(H,33,38)/b9-7-/t17-,18-,19-,20-,21+,22+,29-/m1/s1. The molecule has 3 fully saturated rings. The first-order valence-electron chi connectivity index (χ1n) is 15.0. The maximum atomic E-state index is 14.0. The van der Waals surface area contributed by atoms with Crippen LogP contribution in [0.1, 0.15) is 79.6 Å². The van der Waals surface area contributed by atoms with Crippen LogP contribution in [-0.4, -0.2) is 89.5 Å². The van der Waals surface area contributed by atoms with Crippen LogP contribution in [0, 0.1) is 17.8 Å². The Morgan fingerprint density at radius 3 is 2.49 bits per heavy atom. The van der Waals surface area contributed by atoms with Crippen molar-refractivity contribution in [3.8, 4) is 0 Å². The molecule has 43 heavy (non-hydrogen) atoms. The summed E-state index contributed by atoms with van der Waals surface area (Å²) in [6, 6.07) is -2.22. The molecule has 4 rings (SSSR count). The molecule has 4 amide bonds. The molecule has 14 heteroatoms. The molecule has 1 saturated heterocycles. The number of fused-ring (bicyclic) bond motifs is 2. The summed E-state index contributed by atoms with van der Waals surface area (Å²) in [5, 5.41) is 15.9. The van der Waals surface area contributed by atoms with Gasteiger partial charge in [-0.2, -0.15) is 0 Å². The van der Waals surface area contributed by atoms with E-state index in [4.69, 9.17) is 4.74 Å². The Labute approximate surface area is 252 Å². The summed E-state index contributed by atoms with van der Waals surface area (Å²) in [5.74, 6) is -2.96. The maximum absolute atomic E-state index is 14.0. The summed E-state index contributed by atoms with van der Waals surface area (Å²) < 4.78 is 45.1. The quantitative estimate of drug-likeness (QED) is 0.333. The van der Waals surface area contributed by atoms with E-state index < -0.39 is 80.5 Å². The number of aliphatic hydroxyl groups excluding tert-OH is 1. The zero-order chi connectivity index (χ0) is 32.0. The van der Waals surface area contributed by atoms with Crippen molar-refractivity contribution in [3.63, 3.8) is 0 Å². The summed E-state index contributed by atoms with van der Waals surface area (Å²) in [5.41, 5.74) is -2.42. The van der Waals surface area contributed by atoms with Crippen LogP contribution in [0.4, 0.5) is 9.18 Å². The molecule has 242 valence electrons. The lowest BCUT2D eigenvalue weighted by atomic mass is 9.88. The number of hydrogen-bond donors (Lipinski definition) is 4. The first-order valence-corrected chi connectivity index (χ1v) is 16.5. The molecule has 4 N–H and O–H groups in total. The number of hydrogen-bond acceptors (Lipinski definition) is 8. The molecule has 0 bridgehead atoms. The number of carbonyl (C=O) groups is 4. The van der Waals surface area contributed by atoms with E-state index in [0.717, 1.165) is 6.42 Å². The minimum absolute atomic E-state index is 0.0982. The number of amides is 4. The number of carbonyl (C=O) groups excluding carboxylic acids is 4. The van der Waals surface area contributed by atoms with Crippen LogP contribution in [0.3, 0.4) is 0 Å². The second-order valence-electron chi connectivity index (χ2n) is 13.9. The van der Waals surface area contributed by atoms with Crippen LogP contribution >= 0.6 is 0 Å². The average Bonchev–Trinajstić information content (AvgIpc) is 3.79. The molecule has 0 radical (unpaired) electrons. The molecule has 7 atom stereocenters. The Hall–Kier alpha value is -2.74. The number of nitrogens with one attached hydrogen (secondary N) is 3. The van der Waals surface area contributed by atoms with E-state index >= 15 is 0 Å². The third kappa shape index (κ3) is 7.16. The van der Waals surface area contributed by atoms with Gasteiger partial charge >= 0.3 is 6.09 Å². The smallest absolute Gasteiger partial charge is 0.408 e. The summed E-state index contributed by atoms with van der Waals surface area (Å²) >= 11 is 0. The van der Waals surface area contributed by atoms with Gasteiger partial charge in [0.15, 0.2) is 0 Å². The highest BCUT2D eigenvalue weighted by atomic mass is 32.2. The lowest BCUT2D eigenvalue weighted by Crippen LogP contribution is -2.59. The third-order valence-corrected chi connectivity index (χ3v) is 11.1. The highest BCUT2D eigenvalue weighted by molar-refractivity contribution is 7.91. The largest absolute Gasteiger partial charge is 0.444 e. The fourth-order valence-electron chi connectivity index (χ4n) is 6.12. The van der Waals surface area contributed by atoms with Crippen molar-refractivity contribution in [2.24, 2.45) is 17.8 Å². The van der Waals surface area contributed by atoms with Crippen molar-refractivity contribution >= 4 is 33.8 Å². The Bertz CT molecular complexity index is 1260. The molecule has 12 nitrogen and oxygen atoms in total. The Morgan fingerprint density at radius 1 is 1.21 bits per heavy atom. The van der Waals surface area contributed by atoms with Gasteiger partial charge in [-0.05, 0) is 71.1 Å². The van der Waals surface area contributed by atoms with E-state index in [2.05, 4.69) is 10.6 Å². The molecule has 2 heterocycles. The van der Waals surface area contributed by atoms with Crippen LogP contribution in [0.15, 0.2) is 12.2 Å². The average molecular weight is 629 g/mol. The predicted molar refractivity (Wildman–Crippen MR) is 155 cm³/mol. The third-order valence-electron chi connectivity index (χ3n) is 8.96. The molecule has 2 aliphatic heterocycles. The lowest BCUT2D eigenvalue weighted by Gasteiger charge is -2.33. The first kappa shape index (κ1) is 33.2. The normalized spacial score (nSPS) is 35.3. The number of alkyl halides is 1. The zero-order valence-corrected chi connectivity index (χ0v) is 26.3. The fraction of sp³-hybridized carbons (Fsp3) is 0.793. The summed E-state index contributed by atoms with van der Waals surface area (Å²) in [7, 11) is -4.33. The van der Waals surface area contributed by atoms with Gasteiger partial charge in [-0.15, -0.1) is 0 Å². The molecular weight excluding hydrogens is 583 g/mol. The summed E-state index contributed by atoms with van der Waals surface area (Å²) in [6.07, 6.45) is 4.02. The van der Waals surface area contributed by atoms with Gasteiger partial charge in [-0.1, -0.05) is 26.0 Å². The van der Waals surface area contributed by atoms with Gasteiger partial charge in [0, 0.05) is 18.9 Å². The van der Waals surface area contributed by atoms with Crippen molar-refractivity contribution in [1.82, 2.24) is 20.3 Å². The first-order chi connectivity index (χ1) is 19.9. The Kier molecular flexibility index (Phi) is 9.24. The topological polar surface area (TPSA) is 171 Å². The predicted octanol–water partition coefficient (Wildman–Crippen LogP) is 1.68. The highest BCUT2D eigenvalue weighted by Crippen LogP contribution is 2.48. The Balaban J connectivity index is 1.63. The van der Waals surface area contributed by atoms with Crippen molar-refractivity contribution < 1.29 is 41.8 Å². The minimum Gasteiger partial charge on any atom is -0.444 e. The van der Waals surface area contributed by atoms with E-state index in [-0.39, 0.29) is 44.1 Å². The number of aliphatic hydroxyl groups is 1. The maximum Gasteiger partial charge on any atom is 0.408 e. The second-order valence-corrected chi connectivity index (χ2v) is 15.9. The molecule has 2 aliphatic carbocycles. The monoisotopic (exact) mass is 628 g/mol. The SMILES string of the molecule is C[C@@H]1CC/C=C\[C@@H]2C[C@@]2(C(=O)NS(=O)(=O)C2(CF)CC2)NC(=O)[C@@H]2C[C@@H](O)CN2C(=O)[C@@H](NC(=O)OC(C)(C)C)[C@H](C)C1. The summed E-state index contributed by atoms with van der Waals surface area (Å²) in [4.78, 5) is 55.1. The molecule has 0 aromatic carbocycles. The number of halogens is 1. The van der Waals surface area contributed by atoms with E-state index in [0.29, 0.717) is 12.8 Å². The van der Waals surface area contributed by atoms with Crippen LogP contribution in [0.25, 0.3) is 0 Å². The van der Waals surface area contributed by atoms with E-state index in [1.54, 1.807) is 26.8 Å². The number of allylic oxidation sites excluding steroid dienone is 1.